The molecule has 16 rings (SSSR count). The minimum absolute atomic E-state index is 0.513. The summed E-state index contributed by atoms with van der Waals surface area (Å²) >= 11 is 0. The van der Waals surface area contributed by atoms with Gasteiger partial charge in [-0.05, 0) is 134 Å². The van der Waals surface area contributed by atoms with Crippen molar-refractivity contribution in [1.29, 1.82) is 0 Å². The van der Waals surface area contributed by atoms with Gasteiger partial charge in [0.05, 0.1) is 38.9 Å². The van der Waals surface area contributed by atoms with Crippen molar-refractivity contribution in [2.24, 2.45) is 0 Å². The van der Waals surface area contributed by atoms with Crippen LogP contribution < -0.4 is 4.90 Å². The minimum atomic E-state index is -0.513. The third-order valence-electron chi connectivity index (χ3n) is 16.5. The topological polar surface area (TPSA) is 13.1 Å². The van der Waals surface area contributed by atoms with E-state index in [0.717, 1.165) is 56.1 Å². The minimum Gasteiger partial charge on any atom is -0.309 e. The van der Waals surface area contributed by atoms with Gasteiger partial charge in [-0.1, -0.05) is 212 Å². The molecule has 3 heteroatoms. The van der Waals surface area contributed by atoms with Gasteiger partial charge in [0.25, 0.3) is 0 Å². The smallest absolute Gasteiger partial charge is 0.0782 e. The first kappa shape index (κ1) is 42.5. The lowest BCUT2D eigenvalue weighted by atomic mass is 9.70. The summed E-state index contributed by atoms with van der Waals surface area (Å²) in [5.74, 6) is 0. The maximum atomic E-state index is 2.59. The van der Waals surface area contributed by atoms with Gasteiger partial charge in [0.2, 0.25) is 0 Å². The number of hydrogen-bond acceptors (Lipinski definition) is 1. The third kappa shape index (κ3) is 5.99. The molecule has 2 aliphatic carbocycles. The molecule has 14 aromatic rings. The number of anilines is 3. The molecule has 0 saturated carbocycles. The number of hydrogen-bond donors (Lipinski definition) is 0. The van der Waals surface area contributed by atoms with Crippen molar-refractivity contribution in [2.75, 3.05) is 4.90 Å². The van der Waals surface area contributed by atoms with Gasteiger partial charge < -0.3 is 14.0 Å². The Bertz CT molecular complexity index is 4540. The molecule has 0 unspecified atom stereocenters. The number of rotatable bonds is 7. The lowest BCUT2D eigenvalue weighted by Crippen LogP contribution is -2.26. The summed E-state index contributed by atoms with van der Waals surface area (Å²) < 4.78 is 4.95. The fourth-order valence-corrected chi connectivity index (χ4v) is 13.5. The SMILES string of the molecule is c1ccc(-c2cc(-c3ccccc3)cc(-n3c4ccccc4c4cccc(N(c5ccc6c(c5)c5ccccc5n6-c5ccccc5)c5cccc6c5-c5ccccc5C65c6ccccc6-c6ccccc65)c43)c2)cc1. The molecule has 12 aromatic carbocycles. The zero-order valence-electron chi connectivity index (χ0n) is 41.5. The molecular weight excluding hydrogens is 919 g/mol. The van der Waals surface area contributed by atoms with Crippen molar-refractivity contribution in [3.05, 3.63) is 307 Å². The molecule has 0 aliphatic heterocycles. The molecule has 0 amide bonds. The normalized spacial score (nSPS) is 12.8. The van der Waals surface area contributed by atoms with Gasteiger partial charge in [-0.2, -0.15) is 0 Å². The molecule has 2 aromatic heterocycles. The van der Waals surface area contributed by atoms with E-state index >= 15 is 0 Å². The average Bonchev–Trinajstić information content (AvgIpc) is 4.41. The third-order valence-corrected chi connectivity index (χ3v) is 16.5. The molecule has 0 saturated heterocycles. The summed E-state index contributed by atoms with van der Waals surface area (Å²) in [6.45, 7) is 0. The maximum absolute atomic E-state index is 2.59. The van der Waals surface area contributed by atoms with E-state index in [0.29, 0.717) is 0 Å². The number of fused-ring (bicyclic) bond motifs is 16. The summed E-state index contributed by atoms with van der Waals surface area (Å²) in [6.07, 6.45) is 0. The molecular formula is C73H47N3. The molecule has 2 heterocycles. The van der Waals surface area contributed by atoms with E-state index in [-0.39, 0.29) is 0 Å². The number of para-hydroxylation sites is 4. The summed E-state index contributed by atoms with van der Waals surface area (Å²) in [7, 11) is 0. The van der Waals surface area contributed by atoms with Gasteiger partial charge in [-0.25, -0.2) is 0 Å². The summed E-state index contributed by atoms with van der Waals surface area (Å²) in [6, 6.07) is 106. The van der Waals surface area contributed by atoms with Gasteiger partial charge in [0.1, 0.15) is 0 Å². The molecule has 0 radical (unpaired) electrons. The van der Waals surface area contributed by atoms with Crippen LogP contribution in [0.3, 0.4) is 0 Å². The van der Waals surface area contributed by atoms with Crippen molar-refractivity contribution < 1.29 is 0 Å². The number of aromatic nitrogens is 2. The molecule has 354 valence electrons. The van der Waals surface area contributed by atoms with Crippen molar-refractivity contribution in [2.45, 2.75) is 5.41 Å². The first-order chi connectivity index (χ1) is 37.7. The van der Waals surface area contributed by atoms with Crippen molar-refractivity contribution >= 4 is 60.7 Å². The fourth-order valence-electron chi connectivity index (χ4n) is 13.5. The van der Waals surface area contributed by atoms with E-state index in [1.807, 2.05) is 0 Å². The van der Waals surface area contributed by atoms with E-state index in [1.165, 1.54) is 82.7 Å². The van der Waals surface area contributed by atoms with Gasteiger partial charge in [-0.3, -0.25) is 0 Å². The van der Waals surface area contributed by atoms with Crippen LogP contribution in [0, 0.1) is 0 Å². The molecule has 3 nitrogen and oxygen atoms in total. The Morgan fingerprint density at radius 2 is 0.750 bits per heavy atom. The van der Waals surface area contributed by atoms with Crippen LogP contribution in [0.4, 0.5) is 17.1 Å². The molecule has 2 aliphatic rings. The van der Waals surface area contributed by atoms with E-state index < -0.39 is 5.41 Å². The number of nitrogens with zero attached hydrogens (tertiary/aromatic N) is 3. The molecule has 0 atom stereocenters. The van der Waals surface area contributed by atoms with Crippen molar-refractivity contribution in [1.82, 2.24) is 9.13 Å². The first-order valence-corrected chi connectivity index (χ1v) is 26.3. The van der Waals surface area contributed by atoms with Gasteiger partial charge in [0, 0.05) is 44.2 Å². The second-order valence-corrected chi connectivity index (χ2v) is 20.3. The van der Waals surface area contributed by atoms with E-state index in [2.05, 4.69) is 299 Å². The quantitative estimate of drug-likeness (QED) is 0.155. The van der Waals surface area contributed by atoms with Crippen LogP contribution in [0.15, 0.2) is 285 Å². The highest BCUT2D eigenvalue weighted by atomic mass is 15.2. The fraction of sp³-hybridized carbons (Fsp3) is 0.0137. The second kappa shape index (κ2) is 16.5. The molecule has 0 fully saturated rings. The largest absolute Gasteiger partial charge is 0.309 e. The summed E-state index contributed by atoms with van der Waals surface area (Å²) in [5, 5.41) is 4.80. The van der Waals surface area contributed by atoms with Crippen LogP contribution in [0.25, 0.3) is 99.5 Å². The van der Waals surface area contributed by atoms with Crippen molar-refractivity contribution in [3.8, 4) is 55.9 Å². The van der Waals surface area contributed by atoms with Crippen LogP contribution in [-0.4, -0.2) is 9.13 Å². The predicted molar refractivity (Wildman–Crippen MR) is 317 cm³/mol. The standard InChI is InChI=1S/C73H47N3/c1-4-22-48(23-5-1)50-44-51(49-24-6-2-7-25-49)46-54(45-50)76-67-39-19-13-30-57(67)59-33-20-41-70(72(59)76)75(53-42-43-68-61(47-53)58-31-14-18-38-66(58)74(68)52-26-8-3-9-27-52)69-40-21-37-65-71(69)60-32-12-17-36-64(60)73(65)62-34-15-10-28-55(62)56-29-11-16-35-63(56)73/h1-47H. The Balaban J connectivity index is 1.04. The van der Waals surface area contributed by atoms with Gasteiger partial charge >= 0.3 is 0 Å². The zero-order valence-corrected chi connectivity index (χ0v) is 41.5. The molecule has 0 N–H and O–H groups in total. The highest BCUT2D eigenvalue weighted by molar-refractivity contribution is 6.16. The zero-order chi connectivity index (χ0) is 49.9. The lowest BCUT2D eigenvalue weighted by Gasteiger charge is -2.32. The Morgan fingerprint density at radius 3 is 1.41 bits per heavy atom. The Hall–Kier alpha value is -9.96. The average molecular weight is 966 g/mol. The highest BCUT2D eigenvalue weighted by Crippen LogP contribution is 2.65. The van der Waals surface area contributed by atoms with E-state index in [1.54, 1.807) is 0 Å². The maximum Gasteiger partial charge on any atom is 0.0782 e. The van der Waals surface area contributed by atoms with Crippen LogP contribution in [-0.2, 0) is 5.41 Å². The molecule has 76 heavy (non-hydrogen) atoms. The van der Waals surface area contributed by atoms with Crippen LogP contribution in [0.2, 0.25) is 0 Å². The van der Waals surface area contributed by atoms with Gasteiger partial charge in [0.15, 0.2) is 0 Å². The Morgan fingerprint density at radius 1 is 0.276 bits per heavy atom. The molecule has 1 spiro atoms. The van der Waals surface area contributed by atoms with Crippen LogP contribution >= 0.6 is 0 Å². The Labute approximate surface area is 441 Å². The number of benzene rings is 12. The van der Waals surface area contributed by atoms with E-state index in [9.17, 15) is 0 Å². The monoisotopic (exact) mass is 965 g/mol. The molecule has 0 bridgehead atoms. The first-order valence-electron chi connectivity index (χ1n) is 26.3. The summed E-state index contributed by atoms with van der Waals surface area (Å²) in [5.41, 5.74) is 24.7. The van der Waals surface area contributed by atoms with Gasteiger partial charge in [-0.15, -0.1) is 0 Å². The predicted octanol–water partition coefficient (Wildman–Crippen LogP) is 19.0. The Kier molecular flexibility index (Phi) is 9.25. The second-order valence-electron chi connectivity index (χ2n) is 20.3. The highest BCUT2D eigenvalue weighted by Gasteiger charge is 2.52. The lowest BCUT2D eigenvalue weighted by molar-refractivity contribution is 0.794. The van der Waals surface area contributed by atoms with Crippen LogP contribution in [0.5, 0.6) is 0 Å². The summed E-state index contributed by atoms with van der Waals surface area (Å²) in [4.78, 5) is 2.59. The van der Waals surface area contributed by atoms with Crippen LogP contribution in [0.1, 0.15) is 22.3 Å². The van der Waals surface area contributed by atoms with Crippen molar-refractivity contribution in [3.63, 3.8) is 0 Å². The van der Waals surface area contributed by atoms with E-state index in [4.69, 9.17) is 0 Å².